The molecule has 0 N–H and O–H groups in total. The van der Waals surface area contributed by atoms with E-state index in [-0.39, 0.29) is 17.2 Å². The van der Waals surface area contributed by atoms with Crippen LogP contribution in [0.5, 0.6) is 0 Å². The molecule has 23 heavy (non-hydrogen) atoms. The predicted molar refractivity (Wildman–Crippen MR) is 86.9 cm³/mol. The van der Waals surface area contributed by atoms with Gasteiger partial charge in [0.25, 0.3) is 5.91 Å². The van der Waals surface area contributed by atoms with E-state index in [9.17, 15) is 10.1 Å². The fourth-order valence-corrected chi connectivity index (χ4v) is 3.17. The molecule has 0 bridgehead atoms. The van der Waals surface area contributed by atoms with Crippen LogP contribution in [0.25, 0.3) is 6.08 Å². The monoisotopic (exact) mass is 300 g/mol. The molecule has 3 heteroatoms. The van der Waals surface area contributed by atoms with Crippen LogP contribution in [0.15, 0.2) is 53.5 Å². The molecule has 2 aromatic rings. The maximum absolute atomic E-state index is 12.2. The van der Waals surface area contributed by atoms with Gasteiger partial charge in [0.15, 0.2) is 0 Å². The minimum atomic E-state index is -0.250. The zero-order chi connectivity index (χ0) is 15.9. The Bertz CT molecular complexity index is 931. The van der Waals surface area contributed by atoms with Crippen molar-refractivity contribution in [3.63, 3.8) is 0 Å². The summed E-state index contributed by atoms with van der Waals surface area (Å²) < 4.78 is 0. The first-order valence-electron chi connectivity index (χ1n) is 7.90. The van der Waals surface area contributed by atoms with Gasteiger partial charge in [0.2, 0.25) is 0 Å². The van der Waals surface area contributed by atoms with Crippen LogP contribution in [-0.4, -0.2) is 5.91 Å². The van der Waals surface area contributed by atoms with E-state index < -0.39 is 0 Å². The number of benzene rings is 2. The molecule has 2 aromatic carbocycles. The van der Waals surface area contributed by atoms with Crippen molar-refractivity contribution in [2.75, 3.05) is 0 Å². The Hall–Kier alpha value is -2.73. The summed E-state index contributed by atoms with van der Waals surface area (Å²) in [5, 5.41) is 11.0. The van der Waals surface area contributed by atoms with Crippen molar-refractivity contribution in [1.82, 2.24) is 0 Å². The molecule has 1 fully saturated rings. The fourth-order valence-electron chi connectivity index (χ4n) is 3.17. The van der Waals surface area contributed by atoms with Crippen LogP contribution in [-0.2, 0) is 16.6 Å². The highest BCUT2D eigenvalue weighted by Gasteiger charge is 2.44. The van der Waals surface area contributed by atoms with Gasteiger partial charge in [-0.05, 0) is 41.7 Å². The molecule has 4 rings (SSSR count). The van der Waals surface area contributed by atoms with Gasteiger partial charge in [0, 0.05) is 0 Å². The Balaban J connectivity index is 1.58. The van der Waals surface area contributed by atoms with E-state index in [1.807, 2.05) is 54.6 Å². The molecule has 1 unspecified atom stereocenters. The molecule has 0 spiro atoms. The van der Waals surface area contributed by atoms with Crippen LogP contribution < -0.4 is 10.6 Å². The molecule has 112 valence electrons. The second-order valence-corrected chi connectivity index (χ2v) is 6.38. The summed E-state index contributed by atoms with van der Waals surface area (Å²) in [6, 6.07) is 18.3. The maximum atomic E-state index is 12.2. The molecule has 1 heterocycles. The molecule has 3 nitrogen and oxygen atoms in total. The first-order valence-corrected chi connectivity index (χ1v) is 7.90. The minimum absolute atomic E-state index is 0.0801. The van der Waals surface area contributed by atoms with E-state index in [0.717, 1.165) is 34.5 Å². The lowest BCUT2D eigenvalue weighted by Crippen LogP contribution is -2.34. The summed E-state index contributed by atoms with van der Waals surface area (Å²) in [7, 11) is 0. The van der Waals surface area contributed by atoms with Gasteiger partial charge in [-0.2, -0.15) is 5.26 Å². The van der Waals surface area contributed by atoms with Gasteiger partial charge in [-0.25, -0.2) is 4.99 Å². The molecule has 1 saturated carbocycles. The molecule has 1 aliphatic heterocycles. The zero-order valence-electron chi connectivity index (χ0n) is 12.7. The summed E-state index contributed by atoms with van der Waals surface area (Å²) in [6.45, 7) is 0. The van der Waals surface area contributed by atoms with Crippen molar-refractivity contribution in [1.29, 1.82) is 5.26 Å². The molecule has 0 aromatic heterocycles. The van der Waals surface area contributed by atoms with Gasteiger partial charge in [0.1, 0.15) is 0 Å². The second kappa shape index (κ2) is 5.17. The van der Waals surface area contributed by atoms with E-state index in [2.05, 4.69) is 11.1 Å². The van der Waals surface area contributed by atoms with Crippen molar-refractivity contribution in [3.8, 4) is 6.07 Å². The molecule has 1 atom stereocenters. The molecule has 0 radical (unpaired) electrons. The number of carbonyl (C=O) groups is 1. The molecule has 2 aliphatic rings. The van der Waals surface area contributed by atoms with Crippen molar-refractivity contribution < 1.29 is 4.79 Å². The summed E-state index contributed by atoms with van der Waals surface area (Å²) >= 11 is 0. The van der Waals surface area contributed by atoms with Crippen molar-refractivity contribution >= 4 is 12.0 Å². The SMILES string of the molecule is N#CC1(c2ccc(CC3C=c4ccccc4=NC3=O)cc2)CC1. The third kappa shape index (κ3) is 2.47. The average molecular weight is 300 g/mol. The second-order valence-electron chi connectivity index (χ2n) is 6.38. The maximum Gasteiger partial charge on any atom is 0.253 e. The minimum Gasteiger partial charge on any atom is -0.272 e. The average Bonchev–Trinajstić information content (AvgIpc) is 3.37. The number of amides is 1. The summed E-state index contributed by atoms with van der Waals surface area (Å²) in [6.07, 6.45) is 4.56. The highest BCUT2D eigenvalue weighted by molar-refractivity contribution is 5.86. The standard InChI is InChI=1S/C20H16N2O/c21-13-20(9-10-20)17-7-5-14(6-8-17)11-16-12-15-3-1-2-4-18(15)22-19(16)23/h1-8,12,16H,9-11H2. The third-order valence-electron chi connectivity index (χ3n) is 4.79. The fraction of sp³-hybridized carbons (Fsp3) is 0.250. The lowest BCUT2D eigenvalue weighted by atomic mass is 9.92. The smallest absolute Gasteiger partial charge is 0.253 e. The van der Waals surface area contributed by atoms with Crippen LogP contribution in [0.4, 0.5) is 0 Å². The van der Waals surface area contributed by atoms with Crippen LogP contribution >= 0.6 is 0 Å². The molecule has 1 aliphatic carbocycles. The number of nitriles is 1. The molecular weight excluding hydrogens is 284 g/mol. The van der Waals surface area contributed by atoms with Gasteiger partial charge in [0.05, 0.1) is 22.8 Å². The number of nitrogens with zero attached hydrogens (tertiary/aromatic N) is 2. The summed E-state index contributed by atoms with van der Waals surface area (Å²) in [5.74, 6) is -0.287. The van der Waals surface area contributed by atoms with E-state index in [1.165, 1.54) is 0 Å². The van der Waals surface area contributed by atoms with E-state index in [1.54, 1.807) is 0 Å². The van der Waals surface area contributed by atoms with Crippen LogP contribution in [0, 0.1) is 17.2 Å². The van der Waals surface area contributed by atoms with Crippen molar-refractivity contribution in [3.05, 3.63) is 70.2 Å². The molecule has 1 amide bonds. The molecule has 0 saturated heterocycles. The number of para-hydroxylation sites is 1. The Morgan fingerprint density at radius 1 is 1.13 bits per heavy atom. The van der Waals surface area contributed by atoms with Crippen LogP contribution in [0.2, 0.25) is 0 Å². The summed E-state index contributed by atoms with van der Waals surface area (Å²) in [5.41, 5.74) is 1.95. The number of carbonyl (C=O) groups excluding carboxylic acids is 1. The van der Waals surface area contributed by atoms with Gasteiger partial charge in [-0.3, -0.25) is 4.79 Å². The number of fused-ring (bicyclic) bond motifs is 1. The first-order chi connectivity index (χ1) is 11.2. The van der Waals surface area contributed by atoms with E-state index in [0.29, 0.717) is 6.42 Å². The Labute approximate surface area is 134 Å². The van der Waals surface area contributed by atoms with Crippen molar-refractivity contribution in [2.45, 2.75) is 24.7 Å². The molecular formula is C20H16N2O. The lowest BCUT2D eigenvalue weighted by molar-refractivity contribution is -0.120. The van der Waals surface area contributed by atoms with Gasteiger partial charge in [-0.1, -0.05) is 48.5 Å². The van der Waals surface area contributed by atoms with Gasteiger partial charge in [-0.15, -0.1) is 0 Å². The highest BCUT2D eigenvalue weighted by Crippen LogP contribution is 2.47. The lowest BCUT2D eigenvalue weighted by Gasteiger charge is -2.13. The van der Waals surface area contributed by atoms with Crippen LogP contribution in [0.3, 0.4) is 0 Å². The third-order valence-corrected chi connectivity index (χ3v) is 4.79. The predicted octanol–water partition coefficient (Wildman–Crippen LogP) is 2.04. The largest absolute Gasteiger partial charge is 0.272 e. The van der Waals surface area contributed by atoms with E-state index >= 15 is 0 Å². The Morgan fingerprint density at radius 3 is 2.57 bits per heavy atom. The van der Waals surface area contributed by atoms with E-state index in [4.69, 9.17) is 0 Å². The zero-order valence-corrected chi connectivity index (χ0v) is 12.7. The number of hydrogen-bond acceptors (Lipinski definition) is 2. The number of hydrogen-bond donors (Lipinski definition) is 0. The van der Waals surface area contributed by atoms with Crippen LogP contribution in [0.1, 0.15) is 24.0 Å². The summed E-state index contributed by atoms with van der Waals surface area (Å²) in [4.78, 5) is 16.4. The first kappa shape index (κ1) is 13.9. The number of rotatable bonds is 3. The quantitative estimate of drug-likeness (QED) is 0.871. The Kier molecular flexibility index (Phi) is 3.12. The highest BCUT2D eigenvalue weighted by atomic mass is 16.1. The van der Waals surface area contributed by atoms with Gasteiger partial charge >= 0.3 is 0 Å². The normalized spacial score (nSPS) is 20.7. The van der Waals surface area contributed by atoms with Gasteiger partial charge < -0.3 is 0 Å². The van der Waals surface area contributed by atoms with Crippen molar-refractivity contribution in [2.24, 2.45) is 10.9 Å². The topological polar surface area (TPSA) is 53.2 Å². The Morgan fingerprint density at radius 2 is 1.87 bits per heavy atom.